The zero-order valence-electron chi connectivity index (χ0n) is 7.05. The predicted molar refractivity (Wildman–Crippen MR) is 56.5 cm³/mol. The van der Waals surface area contributed by atoms with Crippen LogP contribution < -0.4 is 4.72 Å². The van der Waals surface area contributed by atoms with E-state index in [9.17, 15) is 0 Å². The van der Waals surface area contributed by atoms with Crippen LogP contribution >= 0.6 is 11.9 Å². The van der Waals surface area contributed by atoms with E-state index in [0.717, 1.165) is 12.8 Å². The lowest BCUT2D eigenvalue weighted by atomic mass is 10.1. The third-order valence-electron chi connectivity index (χ3n) is 1.62. The van der Waals surface area contributed by atoms with Crippen molar-refractivity contribution in [3.05, 3.63) is 48.1 Å². The number of hydrogen-bond acceptors (Lipinski definition) is 2. The fraction of sp³-hybridized carbons (Fsp3) is 0.200. The number of rotatable bonds is 4. The summed E-state index contributed by atoms with van der Waals surface area (Å²) in [6.07, 6.45) is 7.78. The Balaban J connectivity index is 2.75. The molecular weight excluding hydrogens is 166 g/mol. The Morgan fingerprint density at radius 2 is 2.08 bits per heavy atom. The van der Waals surface area contributed by atoms with E-state index in [4.69, 9.17) is 0 Å². The second-order valence-corrected chi connectivity index (χ2v) is 3.22. The van der Waals surface area contributed by atoms with Crippen LogP contribution in [0, 0.1) is 0 Å². The molecule has 0 aliphatic carbocycles. The van der Waals surface area contributed by atoms with Crippen molar-refractivity contribution in [2.24, 2.45) is 0 Å². The monoisotopic (exact) mass is 179 g/mol. The van der Waals surface area contributed by atoms with Gasteiger partial charge in [-0.1, -0.05) is 12.2 Å². The molecule has 2 heteroatoms. The van der Waals surface area contributed by atoms with Crippen LogP contribution in [0.5, 0.6) is 0 Å². The molecule has 1 aliphatic heterocycles. The van der Waals surface area contributed by atoms with E-state index in [-0.39, 0.29) is 0 Å². The lowest BCUT2D eigenvalue weighted by Crippen LogP contribution is -2.07. The zero-order valence-corrected chi connectivity index (χ0v) is 7.86. The minimum atomic E-state index is 0.903. The van der Waals surface area contributed by atoms with E-state index >= 15 is 0 Å². The predicted octanol–water partition coefficient (Wildman–Crippen LogP) is 3.16. The topological polar surface area (TPSA) is 12.0 Å². The van der Waals surface area contributed by atoms with Crippen molar-refractivity contribution in [1.29, 1.82) is 0 Å². The molecule has 0 amide bonds. The minimum absolute atomic E-state index is 0.903. The van der Waals surface area contributed by atoms with Gasteiger partial charge in [0.25, 0.3) is 0 Å². The summed E-state index contributed by atoms with van der Waals surface area (Å²) in [6.45, 7) is 7.44. The van der Waals surface area contributed by atoms with Gasteiger partial charge < -0.3 is 4.72 Å². The highest BCUT2D eigenvalue weighted by Gasteiger charge is 2.04. The number of allylic oxidation sites excluding steroid dienone is 4. The molecule has 1 heterocycles. The molecular formula is C10H13NS. The van der Waals surface area contributed by atoms with Crippen LogP contribution in [0.15, 0.2) is 48.1 Å². The third-order valence-corrected chi connectivity index (χ3v) is 2.26. The molecule has 0 spiro atoms. The molecule has 0 saturated heterocycles. The zero-order chi connectivity index (χ0) is 8.81. The summed E-state index contributed by atoms with van der Waals surface area (Å²) >= 11 is 1.60. The maximum absolute atomic E-state index is 3.72. The van der Waals surface area contributed by atoms with Gasteiger partial charge in [0.05, 0.1) is 0 Å². The molecule has 0 unspecified atom stereocenters. The first-order valence-electron chi connectivity index (χ1n) is 3.90. The molecule has 64 valence electrons. The highest BCUT2D eigenvalue weighted by molar-refractivity contribution is 8.00. The molecule has 1 N–H and O–H groups in total. The highest BCUT2D eigenvalue weighted by atomic mass is 32.2. The van der Waals surface area contributed by atoms with Gasteiger partial charge in [-0.25, -0.2) is 0 Å². The molecule has 0 aromatic carbocycles. The Bertz CT molecular complexity index is 238. The van der Waals surface area contributed by atoms with Gasteiger partial charge in [0.1, 0.15) is 0 Å². The molecule has 1 nitrogen and oxygen atoms in total. The molecule has 0 bridgehead atoms. The van der Waals surface area contributed by atoms with Crippen molar-refractivity contribution in [3.8, 4) is 0 Å². The van der Waals surface area contributed by atoms with Crippen LogP contribution in [0.25, 0.3) is 0 Å². The first-order chi connectivity index (χ1) is 5.88. The van der Waals surface area contributed by atoms with Crippen molar-refractivity contribution < 1.29 is 0 Å². The van der Waals surface area contributed by atoms with Gasteiger partial charge in [-0.3, -0.25) is 0 Å². The van der Waals surface area contributed by atoms with Crippen LogP contribution in [-0.4, -0.2) is 0 Å². The average molecular weight is 179 g/mol. The van der Waals surface area contributed by atoms with Gasteiger partial charge in [-0.05, 0) is 35.4 Å². The van der Waals surface area contributed by atoms with E-state index in [1.807, 2.05) is 17.6 Å². The largest absolute Gasteiger partial charge is 0.329 e. The fourth-order valence-corrected chi connectivity index (χ4v) is 1.71. The lowest BCUT2D eigenvalue weighted by molar-refractivity contribution is 1.03. The van der Waals surface area contributed by atoms with E-state index in [0.29, 0.717) is 0 Å². The maximum Gasteiger partial charge on any atom is 0.0286 e. The molecule has 1 rings (SSSR count). The number of nitrogens with one attached hydrogen (secondary N) is 1. The van der Waals surface area contributed by atoms with Crippen molar-refractivity contribution in [1.82, 2.24) is 4.72 Å². The minimum Gasteiger partial charge on any atom is -0.329 e. The summed E-state index contributed by atoms with van der Waals surface area (Å²) in [5, 5.41) is 2.05. The average Bonchev–Trinajstić information content (AvgIpc) is 2.09. The molecule has 0 aromatic rings. The molecule has 1 aliphatic rings. The van der Waals surface area contributed by atoms with Crippen LogP contribution in [0.4, 0.5) is 0 Å². The smallest absolute Gasteiger partial charge is 0.0286 e. The van der Waals surface area contributed by atoms with Gasteiger partial charge in [0.15, 0.2) is 0 Å². The van der Waals surface area contributed by atoms with Crippen LogP contribution in [0.2, 0.25) is 0 Å². The normalized spacial score (nSPS) is 15.7. The molecule has 0 radical (unpaired) electrons. The van der Waals surface area contributed by atoms with Crippen LogP contribution in [0.3, 0.4) is 0 Å². The first kappa shape index (κ1) is 9.20. The number of hydrogen-bond donors (Lipinski definition) is 1. The van der Waals surface area contributed by atoms with E-state index in [2.05, 4.69) is 24.0 Å². The van der Waals surface area contributed by atoms with Crippen molar-refractivity contribution >= 4 is 11.9 Å². The van der Waals surface area contributed by atoms with Gasteiger partial charge in [0.2, 0.25) is 0 Å². The van der Waals surface area contributed by atoms with Crippen molar-refractivity contribution in [3.63, 3.8) is 0 Å². The molecule has 0 saturated carbocycles. The molecule has 0 aromatic heterocycles. The van der Waals surface area contributed by atoms with E-state index in [1.54, 1.807) is 11.9 Å². The summed E-state index contributed by atoms with van der Waals surface area (Å²) in [4.78, 5) is 0. The second-order valence-electron chi connectivity index (χ2n) is 2.51. The quantitative estimate of drug-likeness (QED) is 0.525. The van der Waals surface area contributed by atoms with Gasteiger partial charge in [0, 0.05) is 12.1 Å². The summed E-state index contributed by atoms with van der Waals surface area (Å²) in [7, 11) is 0. The molecule has 12 heavy (non-hydrogen) atoms. The third kappa shape index (κ3) is 2.31. The van der Waals surface area contributed by atoms with Crippen LogP contribution in [-0.2, 0) is 0 Å². The van der Waals surface area contributed by atoms with Gasteiger partial charge in [-0.2, -0.15) is 0 Å². The Hall–Kier alpha value is -0.890. The highest BCUT2D eigenvalue weighted by Crippen LogP contribution is 2.21. The summed E-state index contributed by atoms with van der Waals surface area (Å²) in [5.41, 5.74) is 2.56. The maximum atomic E-state index is 3.72. The van der Waals surface area contributed by atoms with E-state index < -0.39 is 0 Å². The summed E-state index contributed by atoms with van der Waals surface area (Å²) in [5.74, 6) is 0. The second kappa shape index (κ2) is 4.88. The van der Waals surface area contributed by atoms with Gasteiger partial charge >= 0.3 is 0 Å². The van der Waals surface area contributed by atoms with Crippen molar-refractivity contribution in [2.45, 2.75) is 12.8 Å². The standard InChI is InChI=1S/C10H13NS/c1-3-5-9-7-8-12-11-10(9)6-4-2/h3-4,7-8,11H,1-2,5-6H2. The lowest BCUT2D eigenvalue weighted by Gasteiger charge is -2.14. The molecule has 0 fully saturated rings. The Kier molecular flexibility index (Phi) is 3.74. The summed E-state index contributed by atoms with van der Waals surface area (Å²) < 4.78 is 3.25. The van der Waals surface area contributed by atoms with Crippen molar-refractivity contribution in [2.75, 3.05) is 0 Å². The van der Waals surface area contributed by atoms with Gasteiger partial charge in [-0.15, -0.1) is 13.2 Å². The molecule has 0 atom stereocenters. The Morgan fingerprint density at radius 1 is 1.33 bits per heavy atom. The Morgan fingerprint density at radius 3 is 2.75 bits per heavy atom. The first-order valence-corrected chi connectivity index (χ1v) is 4.78. The van der Waals surface area contributed by atoms with E-state index in [1.165, 1.54) is 11.3 Å². The Labute approximate surface area is 78.1 Å². The SMILES string of the molecule is C=CCC1=C(CC=C)NSC=C1. The van der Waals surface area contributed by atoms with Crippen LogP contribution in [0.1, 0.15) is 12.8 Å². The fourth-order valence-electron chi connectivity index (χ4n) is 1.05. The summed E-state index contributed by atoms with van der Waals surface area (Å²) in [6, 6.07) is 0.